The number of carboxylic acid groups (broad SMARTS) is 1. The largest absolute Gasteiger partial charge is 0.487 e. The van der Waals surface area contributed by atoms with E-state index in [0.717, 1.165) is 25.0 Å². The van der Waals surface area contributed by atoms with Crippen molar-refractivity contribution in [3.8, 4) is 11.5 Å². The van der Waals surface area contributed by atoms with Crippen LogP contribution >= 0.6 is 0 Å². The predicted molar refractivity (Wildman–Crippen MR) is 158 cm³/mol. The number of aliphatic hydroxyl groups is 1. The molecule has 13 nitrogen and oxygen atoms in total. The molecule has 2 amide bonds. The van der Waals surface area contributed by atoms with E-state index < -0.39 is 52.4 Å². The Morgan fingerprint density at radius 1 is 1.11 bits per heavy atom. The Kier molecular flexibility index (Phi) is 7.03. The number of aromatic nitrogens is 1. The summed E-state index contributed by atoms with van der Waals surface area (Å²) in [6.07, 6.45) is 2.25. The summed E-state index contributed by atoms with van der Waals surface area (Å²) < 4.78 is 49.4. The molecule has 4 heterocycles. The molecule has 3 aromatic rings. The lowest BCUT2D eigenvalue weighted by atomic mass is 10.0. The molecule has 3 aliphatic heterocycles. The number of benzene rings is 2. The number of amides is 2. The number of rotatable bonds is 8. The fourth-order valence-electron chi connectivity index (χ4n) is 6.55. The molecule has 3 N–H and O–H groups in total. The minimum atomic E-state index is -1.53. The van der Waals surface area contributed by atoms with Gasteiger partial charge in [0.05, 0.1) is 35.2 Å². The predicted octanol–water partition coefficient (Wildman–Crippen LogP) is 2.56. The van der Waals surface area contributed by atoms with E-state index in [1.54, 1.807) is 9.47 Å². The van der Waals surface area contributed by atoms with Gasteiger partial charge in [0.25, 0.3) is 0 Å². The standard InChI is InChI=1S/C31H30F2N4O9/c1-15(38)34-9-19-12-45-30(42)37(19)17-4-5-24(22(32)6-17)46-14-31(43)8-18-11-44-28-25-20(7-23(33)26(28)36(18)13-31)27(39)21(29(40)41)10-35(25)16-2-3-16/h4-7,10,16,18-19,43H,2-3,8-9,11-14H2,1H3,(H,34,38)(H,40,41)/t18-,19?,31-/m0/s1. The molecule has 4 aliphatic rings. The van der Waals surface area contributed by atoms with Crippen LogP contribution in [0.5, 0.6) is 11.5 Å². The Hall–Kier alpha value is -4.92. The Balaban J connectivity index is 1.12. The van der Waals surface area contributed by atoms with Gasteiger partial charge in [0.1, 0.15) is 36.7 Å². The van der Waals surface area contributed by atoms with E-state index in [1.807, 2.05) is 0 Å². The first-order chi connectivity index (χ1) is 21.9. The van der Waals surface area contributed by atoms with E-state index >= 15 is 8.78 Å². The molecule has 15 heteroatoms. The average Bonchev–Trinajstić information content (AvgIpc) is 3.69. The maximum Gasteiger partial charge on any atom is 0.414 e. The van der Waals surface area contributed by atoms with Crippen LogP contribution in [0, 0.1) is 11.6 Å². The number of anilines is 2. The van der Waals surface area contributed by atoms with Gasteiger partial charge >= 0.3 is 12.1 Å². The van der Waals surface area contributed by atoms with Gasteiger partial charge in [0.15, 0.2) is 23.1 Å². The highest BCUT2D eigenvalue weighted by atomic mass is 19.1. The zero-order valence-corrected chi connectivity index (χ0v) is 24.6. The van der Waals surface area contributed by atoms with E-state index in [4.69, 9.17) is 14.2 Å². The quantitative estimate of drug-likeness (QED) is 0.334. The summed E-state index contributed by atoms with van der Waals surface area (Å²) in [5.74, 6) is -3.34. The van der Waals surface area contributed by atoms with Gasteiger partial charge in [-0.25, -0.2) is 18.4 Å². The summed E-state index contributed by atoms with van der Waals surface area (Å²) in [4.78, 5) is 51.3. The molecule has 1 saturated carbocycles. The molecule has 0 bridgehead atoms. The molecule has 2 saturated heterocycles. The second-order valence-corrected chi connectivity index (χ2v) is 12.2. The number of ether oxygens (including phenoxy) is 3. The summed E-state index contributed by atoms with van der Waals surface area (Å²) >= 11 is 0. The lowest BCUT2D eigenvalue weighted by Crippen LogP contribution is -2.42. The van der Waals surface area contributed by atoms with Gasteiger partial charge in [0.2, 0.25) is 11.3 Å². The number of carbonyl (C=O) groups is 3. The zero-order chi connectivity index (χ0) is 32.5. The average molecular weight is 641 g/mol. The number of carboxylic acids is 1. The fraction of sp³-hybridized carbons (Fsp3) is 0.419. The van der Waals surface area contributed by atoms with Crippen molar-refractivity contribution in [3.05, 3.63) is 57.9 Å². The number of carbonyl (C=O) groups excluding carboxylic acids is 2. The first kappa shape index (κ1) is 29.8. The van der Waals surface area contributed by atoms with E-state index in [1.165, 1.54) is 30.2 Å². The summed E-state index contributed by atoms with van der Waals surface area (Å²) in [5.41, 5.74) is -2.23. The number of nitrogens with zero attached hydrogens (tertiary/aromatic N) is 3. The smallest absolute Gasteiger partial charge is 0.414 e. The number of fused-ring (bicyclic) bond motifs is 5. The SMILES string of the molecule is CC(=O)NCC1COC(=O)N1c1ccc(OC[C@]2(O)C[C@H]3COc4c(c(F)cc5c(=O)c(C(=O)O)cn(C6CC6)c45)N3C2)c(F)c1. The van der Waals surface area contributed by atoms with E-state index in [0.29, 0.717) is 5.52 Å². The van der Waals surface area contributed by atoms with Gasteiger partial charge in [0, 0.05) is 38.2 Å². The van der Waals surface area contributed by atoms with Gasteiger partial charge in [-0.2, -0.15) is 0 Å². The molecule has 3 atom stereocenters. The lowest BCUT2D eigenvalue weighted by molar-refractivity contribution is -0.119. The van der Waals surface area contributed by atoms with Crippen molar-refractivity contribution in [1.29, 1.82) is 0 Å². The normalized spacial score (nSPS) is 23.5. The Morgan fingerprint density at radius 2 is 1.89 bits per heavy atom. The Bertz CT molecular complexity index is 1860. The van der Waals surface area contributed by atoms with Gasteiger partial charge in [-0.05, 0) is 31.0 Å². The van der Waals surface area contributed by atoms with Crippen molar-refractivity contribution in [1.82, 2.24) is 9.88 Å². The van der Waals surface area contributed by atoms with Crippen molar-refractivity contribution in [2.24, 2.45) is 0 Å². The number of hydrogen-bond acceptors (Lipinski definition) is 9. The number of cyclic esters (lactones) is 1. The van der Waals surface area contributed by atoms with Crippen molar-refractivity contribution in [3.63, 3.8) is 0 Å². The van der Waals surface area contributed by atoms with E-state index in [2.05, 4.69) is 5.32 Å². The van der Waals surface area contributed by atoms with Crippen molar-refractivity contribution >= 4 is 40.2 Å². The van der Waals surface area contributed by atoms with E-state index in [9.17, 15) is 29.4 Å². The molecule has 7 rings (SSSR count). The van der Waals surface area contributed by atoms with Gasteiger partial charge in [-0.15, -0.1) is 0 Å². The first-order valence-corrected chi connectivity index (χ1v) is 14.8. The molecule has 0 radical (unpaired) electrons. The number of nitrogens with one attached hydrogen (secondary N) is 1. The number of aromatic carboxylic acids is 1. The van der Waals surface area contributed by atoms with Crippen molar-refractivity contribution < 1.29 is 47.6 Å². The maximum atomic E-state index is 15.7. The molecule has 0 spiro atoms. The second kappa shape index (κ2) is 10.9. The number of pyridine rings is 1. The van der Waals surface area contributed by atoms with Gasteiger partial charge in [-0.3, -0.25) is 14.5 Å². The molecule has 1 unspecified atom stereocenters. The molecule has 2 aromatic carbocycles. The third kappa shape index (κ3) is 5.04. The highest BCUT2D eigenvalue weighted by molar-refractivity contribution is 5.97. The third-order valence-corrected chi connectivity index (χ3v) is 8.83. The van der Waals surface area contributed by atoms with Crippen LogP contribution in [0.3, 0.4) is 0 Å². The molecule has 1 aliphatic carbocycles. The molecule has 242 valence electrons. The Labute approximate surface area is 259 Å². The van der Waals surface area contributed by atoms with Crippen LogP contribution in [0.15, 0.2) is 35.3 Å². The molecule has 3 fully saturated rings. The van der Waals surface area contributed by atoms with Crippen LogP contribution in [0.4, 0.5) is 25.0 Å². The van der Waals surface area contributed by atoms with Crippen molar-refractivity contribution in [2.75, 3.05) is 42.7 Å². The van der Waals surface area contributed by atoms with Crippen LogP contribution in [-0.2, 0) is 9.53 Å². The highest BCUT2D eigenvalue weighted by Gasteiger charge is 2.48. The topological polar surface area (TPSA) is 160 Å². The molecular weight excluding hydrogens is 610 g/mol. The van der Waals surface area contributed by atoms with Crippen LogP contribution in [0.2, 0.25) is 0 Å². The summed E-state index contributed by atoms with van der Waals surface area (Å²) in [6.45, 7) is 1.12. The number of hydrogen-bond donors (Lipinski definition) is 3. The van der Waals surface area contributed by atoms with Gasteiger partial charge in [-0.1, -0.05) is 0 Å². The minimum absolute atomic E-state index is 0.0227. The summed E-state index contributed by atoms with van der Waals surface area (Å²) in [7, 11) is 0. The Morgan fingerprint density at radius 3 is 2.59 bits per heavy atom. The fourth-order valence-corrected chi connectivity index (χ4v) is 6.55. The number of halogens is 2. The third-order valence-electron chi connectivity index (χ3n) is 8.83. The lowest BCUT2D eigenvalue weighted by Gasteiger charge is -2.34. The minimum Gasteiger partial charge on any atom is -0.487 e. The van der Waals surface area contributed by atoms with Gasteiger partial charge < -0.3 is 39.2 Å². The maximum absolute atomic E-state index is 15.7. The van der Waals surface area contributed by atoms with Crippen LogP contribution < -0.4 is 30.0 Å². The molecule has 1 aromatic heterocycles. The highest BCUT2D eigenvalue weighted by Crippen LogP contribution is 2.48. The summed E-state index contributed by atoms with van der Waals surface area (Å²) in [5, 5.41) is 23.6. The monoisotopic (exact) mass is 640 g/mol. The van der Waals surface area contributed by atoms with Crippen LogP contribution in [-0.4, -0.2) is 83.3 Å². The van der Waals surface area contributed by atoms with E-state index in [-0.39, 0.29) is 79.5 Å². The van der Waals surface area contributed by atoms with Crippen LogP contribution in [0.25, 0.3) is 10.9 Å². The van der Waals surface area contributed by atoms with Crippen LogP contribution in [0.1, 0.15) is 42.6 Å². The molecule has 46 heavy (non-hydrogen) atoms. The first-order valence-electron chi connectivity index (χ1n) is 14.8. The zero-order valence-electron chi connectivity index (χ0n) is 24.6. The second-order valence-electron chi connectivity index (χ2n) is 12.2. The van der Waals surface area contributed by atoms with Crippen molar-refractivity contribution in [2.45, 2.75) is 49.9 Å². The molecular formula is C31H30F2N4O9. The summed E-state index contributed by atoms with van der Waals surface area (Å²) in [6, 6.07) is 3.87.